The predicted octanol–water partition coefficient (Wildman–Crippen LogP) is 6.56. The van der Waals surface area contributed by atoms with Crippen molar-refractivity contribution in [1.29, 1.82) is 0 Å². The number of amides is 2. The van der Waals surface area contributed by atoms with Gasteiger partial charge >= 0.3 is 5.97 Å². The SMILES string of the molecule is COc1cccc(CN2[C@H]3CCN(Cc4ccc(C(=O)O)cc4)C(=O)[C@H]3[C@H](c3cccc(Cl)c3)[C@]23C(=O)Nc2cc(Cl)ccc23)c1. The molecular weight excluding hydrogens is 625 g/mol. The summed E-state index contributed by atoms with van der Waals surface area (Å²) in [7, 11) is 1.62. The van der Waals surface area contributed by atoms with Crippen LogP contribution in [0.15, 0.2) is 91.0 Å². The first kappa shape index (κ1) is 30.3. The maximum absolute atomic E-state index is 14.8. The third-order valence-corrected chi connectivity index (χ3v) is 10.1. The summed E-state index contributed by atoms with van der Waals surface area (Å²) in [5, 5.41) is 13.5. The third kappa shape index (κ3) is 4.92. The second-order valence-corrected chi connectivity index (χ2v) is 12.9. The fourth-order valence-corrected chi connectivity index (χ4v) is 8.11. The number of carboxylic acid groups (broad SMARTS) is 1. The van der Waals surface area contributed by atoms with Gasteiger partial charge in [-0.1, -0.05) is 65.7 Å². The maximum atomic E-state index is 14.8. The zero-order valence-electron chi connectivity index (χ0n) is 25.0. The number of likely N-dealkylation sites (tertiary alicyclic amines) is 2. The number of aromatic carboxylic acids is 1. The molecule has 2 fully saturated rings. The number of piperidine rings is 1. The van der Waals surface area contributed by atoms with Crippen molar-refractivity contribution in [2.75, 3.05) is 19.0 Å². The van der Waals surface area contributed by atoms with Crippen LogP contribution in [0.4, 0.5) is 5.69 Å². The summed E-state index contributed by atoms with van der Waals surface area (Å²) >= 11 is 13.0. The average molecular weight is 657 g/mol. The van der Waals surface area contributed by atoms with Crippen LogP contribution in [0.1, 0.15) is 45.0 Å². The smallest absolute Gasteiger partial charge is 0.335 e. The van der Waals surface area contributed by atoms with Crippen LogP contribution in [0.5, 0.6) is 5.75 Å². The van der Waals surface area contributed by atoms with E-state index in [4.69, 9.17) is 27.9 Å². The highest BCUT2D eigenvalue weighted by atomic mass is 35.5. The minimum Gasteiger partial charge on any atom is -0.497 e. The van der Waals surface area contributed by atoms with Crippen LogP contribution >= 0.6 is 23.2 Å². The number of nitrogens with zero attached hydrogens (tertiary/aromatic N) is 2. The lowest BCUT2D eigenvalue weighted by molar-refractivity contribution is -0.141. The summed E-state index contributed by atoms with van der Waals surface area (Å²) in [5.74, 6) is -1.73. The topological polar surface area (TPSA) is 99.2 Å². The minimum absolute atomic E-state index is 0.0636. The predicted molar refractivity (Wildman–Crippen MR) is 175 cm³/mol. The van der Waals surface area contributed by atoms with Crippen molar-refractivity contribution in [3.05, 3.63) is 129 Å². The number of benzene rings is 4. The maximum Gasteiger partial charge on any atom is 0.335 e. The Morgan fingerprint density at radius 2 is 1.70 bits per heavy atom. The number of anilines is 1. The molecule has 0 saturated carbocycles. The van der Waals surface area contributed by atoms with Crippen molar-refractivity contribution in [2.24, 2.45) is 5.92 Å². The molecule has 3 aliphatic rings. The van der Waals surface area contributed by atoms with Crippen LogP contribution in [0, 0.1) is 5.92 Å². The molecule has 4 aromatic carbocycles. The second kappa shape index (κ2) is 11.8. The molecular formula is C36H31Cl2N3O5. The molecule has 1 spiro atoms. The van der Waals surface area contributed by atoms with E-state index in [1.54, 1.807) is 49.6 Å². The van der Waals surface area contributed by atoms with E-state index in [0.29, 0.717) is 47.5 Å². The van der Waals surface area contributed by atoms with Crippen LogP contribution in [0.3, 0.4) is 0 Å². The highest BCUT2D eigenvalue weighted by Crippen LogP contribution is 2.61. The van der Waals surface area contributed by atoms with Gasteiger partial charge in [-0.2, -0.15) is 0 Å². The van der Waals surface area contributed by atoms with Crippen molar-refractivity contribution < 1.29 is 24.2 Å². The van der Waals surface area contributed by atoms with Gasteiger partial charge in [-0.05, 0) is 71.6 Å². The molecule has 3 aliphatic heterocycles. The Labute approximate surface area is 276 Å². The van der Waals surface area contributed by atoms with Crippen molar-refractivity contribution in [1.82, 2.24) is 9.80 Å². The summed E-state index contributed by atoms with van der Waals surface area (Å²) in [6, 6.07) is 27.0. The third-order valence-electron chi connectivity index (χ3n) is 9.62. The molecule has 0 unspecified atom stereocenters. The number of halogens is 2. The molecule has 0 radical (unpaired) electrons. The highest BCUT2D eigenvalue weighted by molar-refractivity contribution is 6.31. The van der Waals surface area contributed by atoms with Crippen molar-refractivity contribution in [3.63, 3.8) is 0 Å². The van der Waals surface area contributed by atoms with Gasteiger partial charge in [0.25, 0.3) is 0 Å². The van der Waals surface area contributed by atoms with Gasteiger partial charge < -0.3 is 20.1 Å². The second-order valence-electron chi connectivity index (χ2n) is 12.1. The molecule has 10 heteroatoms. The Morgan fingerprint density at radius 3 is 2.43 bits per heavy atom. The summed E-state index contributed by atoms with van der Waals surface area (Å²) in [4.78, 5) is 44.8. The molecule has 3 heterocycles. The molecule has 2 amide bonds. The molecule has 2 N–H and O–H groups in total. The van der Waals surface area contributed by atoms with E-state index >= 15 is 0 Å². The van der Waals surface area contributed by atoms with Crippen LogP contribution in [-0.4, -0.2) is 52.4 Å². The van der Waals surface area contributed by atoms with Crippen LogP contribution in [-0.2, 0) is 28.2 Å². The van der Waals surface area contributed by atoms with Gasteiger partial charge in [-0.25, -0.2) is 4.79 Å². The van der Waals surface area contributed by atoms with Crippen molar-refractivity contribution >= 4 is 46.7 Å². The van der Waals surface area contributed by atoms with Crippen LogP contribution in [0.25, 0.3) is 0 Å². The normalized spacial score (nSPS) is 23.7. The van der Waals surface area contributed by atoms with E-state index in [1.807, 2.05) is 53.4 Å². The van der Waals surface area contributed by atoms with Gasteiger partial charge in [0.15, 0.2) is 0 Å². The molecule has 0 aromatic heterocycles. The first-order valence-electron chi connectivity index (χ1n) is 15.1. The van der Waals surface area contributed by atoms with E-state index in [2.05, 4.69) is 10.2 Å². The van der Waals surface area contributed by atoms with Gasteiger partial charge in [0.05, 0.1) is 18.6 Å². The van der Waals surface area contributed by atoms with E-state index in [0.717, 1.165) is 22.3 Å². The number of carbonyl (C=O) groups is 3. The van der Waals surface area contributed by atoms with E-state index in [1.165, 1.54) is 0 Å². The van der Waals surface area contributed by atoms with E-state index in [-0.39, 0.29) is 23.4 Å². The van der Waals surface area contributed by atoms with Gasteiger partial charge in [0, 0.05) is 52.9 Å². The van der Waals surface area contributed by atoms with Gasteiger partial charge in [-0.3, -0.25) is 14.5 Å². The lowest BCUT2D eigenvalue weighted by Crippen LogP contribution is -2.52. The minimum atomic E-state index is -1.24. The largest absolute Gasteiger partial charge is 0.497 e. The molecule has 234 valence electrons. The van der Waals surface area contributed by atoms with E-state index in [9.17, 15) is 19.5 Å². The number of fused-ring (bicyclic) bond motifs is 3. The van der Waals surface area contributed by atoms with Gasteiger partial charge in [-0.15, -0.1) is 0 Å². The Morgan fingerprint density at radius 1 is 0.935 bits per heavy atom. The van der Waals surface area contributed by atoms with Gasteiger partial charge in [0.2, 0.25) is 11.8 Å². The number of nitrogens with one attached hydrogen (secondary N) is 1. The Kier molecular flexibility index (Phi) is 7.75. The zero-order valence-corrected chi connectivity index (χ0v) is 26.5. The van der Waals surface area contributed by atoms with Crippen LogP contribution < -0.4 is 10.1 Å². The molecule has 7 rings (SSSR count). The fraction of sp³-hybridized carbons (Fsp3) is 0.250. The lowest BCUT2D eigenvalue weighted by atomic mass is 9.70. The molecule has 2 saturated heterocycles. The first-order chi connectivity index (χ1) is 22.2. The molecule has 4 aromatic rings. The molecule has 0 bridgehead atoms. The number of hydrogen-bond donors (Lipinski definition) is 2. The Balaban J connectivity index is 1.38. The number of carboxylic acids is 1. The lowest BCUT2D eigenvalue weighted by Gasteiger charge is -2.40. The summed E-state index contributed by atoms with van der Waals surface area (Å²) in [6.45, 7) is 1.20. The first-order valence-corrected chi connectivity index (χ1v) is 15.8. The fourth-order valence-electron chi connectivity index (χ4n) is 7.74. The van der Waals surface area contributed by atoms with Gasteiger partial charge in [0.1, 0.15) is 11.3 Å². The summed E-state index contributed by atoms with van der Waals surface area (Å²) in [5.41, 5.74) is 2.93. The number of hydrogen-bond acceptors (Lipinski definition) is 5. The number of rotatable bonds is 7. The number of carbonyl (C=O) groups excluding carboxylic acids is 2. The summed E-state index contributed by atoms with van der Waals surface area (Å²) in [6.07, 6.45) is 0.628. The van der Waals surface area contributed by atoms with Crippen molar-refractivity contribution in [2.45, 2.75) is 37.0 Å². The zero-order chi connectivity index (χ0) is 32.2. The summed E-state index contributed by atoms with van der Waals surface area (Å²) < 4.78 is 5.52. The molecule has 0 aliphatic carbocycles. The molecule has 4 atom stereocenters. The standard InChI is InChI=1S/C36H31Cl2N3O5/c1-46-27-7-2-4-22(16-27)20-41-30-14-15-40(19-21-8-10-23(11-9-21)34(43)44)33(42)31(30)32(24-5-3-6-25(37)17-24)36(41)28-13-12-26(38)18-29(28)39-35(36)45/h2-13,16-18,30-32H,14-15,19-20H2,1H3,(H,39,45)(H,43,44)/t30-,31+,32-,36+/m0/s1. The average Bonchev–Trinajstić information content (AvgIpc) is 3.49. The van der Waals surface area contributed by atoms with E-state index < -0.39 is 23.3 Å². The molecule has 46 heavy (non-hydrogen) atoms. The highest BCUT2D eigenvalue weighted by Gasteiger charge is 2.69. The Bertz CT molecular complexity index is 1860. The van der Waals surface area contributed by atoms with Crippen LogP contribution in [0.2, 0.25) is 10.0 Å². The number of ether oxygens (including phenoxy) is 1. The monoisotopic (exact) mass is 655 g/mol. The van der Waals surface area contributed by atoms with Crippen molar-refractivity contribution in [3.8, 4) is 5.75 Å². The molecule has 8 nitrogen and oxygen atoms in total. The Hall–Kier alpha value is -4.37. The quantitative estimate of drug-likeness (QED) is 0.234. The number of methoxy groups -OCH3 is 1.